The van der Waals surface area contributed by atoms with Crippen molar-refractivity contribution in [2.75, 3.05) is 5.32 Å². The van der Waals surface area contributed by atoms with Gasteiger partial charge in [-0.2, -0.15) is 10.4 Å². The average molecular weight is 373 g/mol. The van der Waals surface area contributed by atoms with Gasteiger partial charge >= 0.3 is 0 Å². The molecule has 28 heavy (non-hydrogen) atoms. The first-order valence-corrected chi connectivity index (χ1v) is 9.37. The molecule has 1 aliphatic heterocycles. The maximum atomic E-state index is 12.2. The second-order valence-corrected chi connectivity index (χ2v) is 7.80. The minimum absolute atomic E-state index is 0.292. The number of anilines is 1. The molecule has 3 heterocycles. The maximum Gasteiger partial charge on any atom is 0.262 e. The van der Waals surface area contributed by atoms with E-state index in [2.05, 4.69) is 16.4 Å². The number of para-hydroxylation sites is 1. The first-order chi connectivity index (χ1) is 13.5. The Hall–Kier alpha value is -3.24. The molecule has 7 nitrogen and oxygen atoms in total. The van der Waals surface area contributed by atoms with Crippen LogP contribution in [0.3, 0.4) is 0 Å². The van der Waals surface area contributed by atoms with Gasteiger partial charge in [0, 0.05) is 22.7 Å². The molecule has 0 saturated heterocycles. The predicted octanol–water partition coefficient (Wildman–Crippen LogP) is 3.05. The van der Waals surface area contributed by atoms with E-state index in [0.717, 1.165) is 30.2 Å². The van der Waals surface area contributed by atoms with Crippen LogP contribution in [0.2, 0.25) is 0 Å². The van der Waals surface area contributed by atoms with E-state index in [4.69, 9.17) is 5.10 Å². The van der Waals surface area contributed by atoms with Crippen LogP contribution in [0, 0.1) is 11.3 Å². The summed E-state index contributed by atoms with van der Waals surface area (Å²) in [6, 6.07) is 12.0. The summed E-state index contributed by atoms with van der Waals surface area (Å²) in [7, 11) is 0. The summed E-state index contributed by atoms with van der Waals surface area (Å²) in [6.45, 7) is 1.47. The fraction of sp³-hybridized carbons (Fsp3) is 0.333. The van der Waals surface area contributed by atoms with Gasteiger partial charge in [-0.05, 0) is 38.3 Å². The molecule has 7 heteroatoms. The van der Waals surface area contributed by atoms with E-state index in [9.17, 15) is 15.2 Å². The largest absolute Gasteiger partial charge is 0.375 e. The number of amides is 1. The second-order valence-electron chi connectivity index (χ2n) is 7.80. The number of nitrogens with one attached hydrogen (secondary N) is 1. The standard InChI is InChI=1S/C21H19N5O2/c1-20(28)16-14(7-12-23-18(16)24-19(20)27)17-13-5-2-3-6-15(13)26(25-17)21(10-11-22)8-4-9-21/h2-3,5-7,12,28H,4,8-10H2,1H3,(H,23,24,27)/t20-/m0/s1. The third-order valence-electron chi connectivity index (χ3n) is 6.10. The summed E-state index contributed by atoms with van der Waals surface area (Å²) in [4.78, 5) is 16.5. The van der Waals surface area contributed by atoms with Gasteiger partial charge in [-0.1, -0.05) is 18.2 Å². The zero-order valence-electron chi connectivity index (χ0n) is 15.4. The van der Waals surface area contributed by atoms with Crippen molar-refractivity contribution in [2.24, 2.45) is 0 Å². The van der Waals surface area contributed by atoms with Gasteiger partial charge in [-0.15, -0.1) is 0 Å². The fourth-order valence-electron chi connectivity index (χ4n) is 4.41. The Morgan fingerprint density at radius 3 is 2.82 bits per heavy atom. The van der Waals surface area contributed by atoms with Gasteiger partial charge in [-0.25, -0.2) is 4.98 Å². The highest BCUT2D eigenvalue weighted by Crippen LogP contribution is 2.46. The third-order valence-corrected chi connectivity index (χ3v) is 6.10. The minimum Gasteiger partial charge on any atom is -0.375 e. The highest BCUT2D eigenvalue weighted by Gasteiger charge is 2.45. The first-order valence-electron chi connectivity index (χ1n) is 9.37. The van der Waals surface area contributed by atoms with E-state index in [0.29, 0.717) is 29.1 Å². The molecule has 0 radical (unpaired) electrons. The number of aromatic nitrogens is 3. The Kier molecular flexibility index (Phi) is 3.40. The van der Waals surface area contributed by atoms with Gasteiger partial charge < -0.3 is 10.4 Å². The smallest absolute Gasteiger partial charge is 0.262 e. The molecule has 1 aliphatic carbocycles. The molecule has 3 aromatic rings. The summed E-state index contributed by atoms with van der Waals surface area (Å²) in [5.41, 5.74) is 0.794. The molecule has 2 aliphatic rings. The number of pyridine rings is 1. The Morgan fingerprint density at radius 1 is 1.32 bits per heavy atom. The molecular weight excluding hydrogens is 354 g/mol. The van der Waals surface area contributed by atoms with Crippen molar-refractivity contribution >= 4 is 22.6 Å². The highest BCUT2D eigenvalue weighted by atomic mass is 16.3. The Balaban J connectivity index is 1.79. The summed E-state index contributed by atoms with van der Waals surface area (Å²) < 4.78 is 1.98. The number of aliphatic hydroxyl groups is 1. The number of benzene rings is 1. The lowest BCUT2D eigenvalue weighted by atomic mass is 9.74. The molecule has 1 saturated carbocycles. The van der Waals surface area contributed by atoms with Crippen LogP contribution in [-0.2, 0) is 15.9 Å². The number of carbonyl (C=O) groups excluding carboxylic acids is 1. The van der Waals surface area contributed by atoms with Crippen LogP contribution in [0.5, 0.6) is 0 Å². The molecular formula is C21H19N5O2. The summed E-state index contributed by atoms with van der Waals surface area (Å²) >= 11 is 0. The van der Waals surface area contributed by atoms with E-state index in [-0.39, 0.29) is 5.54 Å². The van der Waals surface area contributed by atoms with Crippen LogP contribution < -0.4 is 5.32 Å². The van der Waals surface area contributed by atoms with Gasteiger partial charge in [0.15, 0.2) is 5.60 Å². The monoisotopic (exact) mass is 373 g/mol. The van der Waals surface area contributed by atoms with Crippen LogP contribution >= 0.6 is 0 Å². The zero-order chi connectivity index (χ0) is 19.5. The molecule has 0 spiro atoms. The number of hydrogen-bond acceptors (Lipinski definition) is 5. The van der Waals surface area contributed by atoms with E-state index < -0.39 is 11.5 Å². The molecule has 140 valence electrons. The van der Waals surface area contributed by atoms with Crippen molar-refractivity contribution in [3.63, 3.8) is 0 Å². The summed E-state index contributed by atoms with van der Waals surface area (Å²) in [5, 5.41) is 28.7. The Morgan fingerprint density at radius 2 is 2.11 bits per heavy atom. The lowest BCUT2D eigenvalue weighted by Gasteiger charge is -2.40. The van der Waals surface area contributed by atoms with E-state index in [1.165, 1.54) is 6.92 Å². The third kappa shape index (κ3) is 2.09. The maximum absolute atomic E-state index is 12.2. The van der Waals surface area contributed by atoms with Gasteiger partial charge in [0.2, 0.25) is 0 Å². The number of rotatable bonds is 3. The predicted molar refractivity (Wildman–Crippen MR) is 103 cm³/mol. The molecule has 1 atom stereocenters. The van der Waals surface area contributed by atoms with E-state index in [1.54, 1.807) is 12.3 Å². The normalized spacial score (nSPS) is 22.4. The number of nitrogens with zero attached hydrogens (tertiary/aromatic N) is 4. The quantitative estimate of drug-likeness (QED) is 0.734. The molecule has 0 bridgehead atoms. The molecule has 1 fully saturated rings. The summed E-state index contributed by atoms with van der Waals surface area (Å²) in [6.07, 6.45) is 4.92. The topological polar surface area (TPSA) is 104 Å². The van der Waals surface area contributed by atoms with E-state index in [1.807, 2.05) is 28.9 Å². The fourth-order valence-corrected chi connectivity index (χ4v) is 4.41. The van der Waals surface area contributed by atoms with Crippen molar-refractivity contribution in [1.82, 2.24) is 14.8 Å². The van der Waals surface area contributed by atoms with Gasteiger partial charge in [0.25, 0.3) is 5.91 Å². The molecule has 2 N–H and O–H groups in total. The molecule has 1 amide bonds. The van der Waals surface area contributed by atoms with Crippen LogP contribution in [0.4, 0.5) is 5.82 Å². The number of hydrogen-bond donors (Lipinski definition) is 2. The van der Waals surface area contributed by atoms with Crippen molar-refractivity contribution < 1.29 is 9.90 Å². The molecule has 1 aromatic carbocycles. The molecule has 5 rings (SSSR count). The SMILES string of the molecule is C[C@@]1(O)C(=O)Nc2nccc(-c3nn(C4(CC#N)CCC4)c4ccccc34)c21. The van der Waals surface area contributed by atoms with Crippen molar-refractivity contribution in [1.29, 1.82) is 5.26 Å². The van der Waals surface area contributed by atoms with Crippen LogP contribution in [-0.4, -0.2) is 25.8 Å². The van der Waals surface area contributed by atoms with E-state index >= 15 is 0 Å². The Bertz CT molecular complexity index is 1170. The molecule has 0 unspecified atom stereocenters. The minimum atomic E-state index is -1.68. The average Bonchev–Trinajstić information content (AvgIpc) is 3.14. The lowest BCUT2D eigenvalue weighted by molar-refractivity contribution is -0.131. The number of nitriles is 1. The number of fused-ring (bicyclic) bond motifs is 2. The van der Waals surface area contributed by atoms with Gasteiger partial charge in [0.05, 0.1) is 23.5 Å². The van der Waals surface area contributed by atoms with Crippen LogP contribution in [0.15, 0.2) is 36.5 Å². The Labute approximate surface area is 161 Å². The highest BCUT2D eigenvalue weighted by molar-refractivity contribution is 6.07. The van der Waals surface area contributed by atoms with Crippen molar-refractivity contribution in [2.45, 2.75) is 43.7 Å². The van der Waals surface area contributed by atoms with Crippen molar-refractivity contribution in [3.8, 4) is 17.3 Å². The van der Waals surface area contributed by atoms with Gasteiger partial charge in [0.1, 0.15) is 11.5 Å². The second kappa shape index (κ2) is 5.63. The first kappa shape index (κ1) is 16.9. The number of carbonyl (C=O) groups is 1. The van der Waals surface area contributed by atoms with Gasteiger partial charge in [-0.3, -0.25) is 9.48 Å². The van der Waals surface area contributed by atoms with Crippen molar-refractivity contribution in [3.05, 3.63) is 42.1 Å². The molecule has 2 aromatic heterocycles. The van der Waals surface area contributed by atoms with Crippen LogP contribution in [0.25, 0.3) is 22.2 Å². The zero-order valence-corrected chi connectivity index (χ0v) is 15.4. The lowest BCUT2D eigenvalue weighted by Crippen LogP contribution is -2.41. The van der Waals surface area contributed by atoms with Crippen LogP contribution in [0.1, 0.15) is 38.2 Å². The summed E-state index contributed by atoms with van der Waals surface area (Å²) in [5.74, 6) is -0.132.